The minimum atomic E-state index is -3.86. The average Bonchev–Trinajstić information content (AvgIpc) is 3.30. The lowest BCUT2D eigenvalue weighted by Gasteiger charge is -2.30. The van der Waals surface area contributed by atoms with Gasteiger partial charge < -0.3 is 10.1 Å². The standard InChI is InChI=1S/C23H21FN2O5S2/c24-12-14-31-23(28)20-10-11-21(32-20)25-22(27)17-6-3-8-18(15-17)33(29,30)26-13-4-7-16-5-1-2-9-19(16)26/h1-3,5-6,8-11,15H,4,7,12-14H2,(H,25,27). The highest BCUT2D eigenvalue weighted by Crippen LogP contribution is 2.32. The molecule has 7 nitrogen and oxygen atoms in total. The van der Waals surface area contributed by atoms with Crippen LogP contribution in [0, 0.1) is 0 Å². The minimum Gasteiger partial charge on any atom is -0.459 e. The lowest BCUT2D eigenvalue weighted by molar-refractivity contribution is 0.0487. The number of aryl methyl sites for hydroxylation is 1. The van der Waals surface area contributed by atoms with Crippen LogP contribution in [0.5, 0.6) is 0 Å². The van der Waals surface area contributed by atoms with E-state index in [-0.39, 0.29) is 21.9 Å². The second-order valence-corrected chi connectivity index (χ2v) is 10.2. The molecule has 0 saturated carbocycles. The van der Waals surface area contributed by atoms with Crippen molar-refractivity contribution in [3.63, 3.8) is 0 Å². The normalized spacial score (nSPS) is 13.3. The molecule has 1 amide bonds. The summed E-state index contributed by atoms with van der Waals surface area (Å²) < 4.78 is 45.0. The highest BCUT2D eigenvalue weighted by Gasteiger charge is 2.29. The topological polar surface area (TPSA) is 92.8 Å². The van der Waals surface area contributed by atoms with E-state index >= 15 is 0 Å². The number of nitrogens with one attached hydrogen (secondary N) is 1. The lowest BCUT2D eigenvalue weighted by Crippen LogP contribution is -2.35. The van der Waals surface area contributed by atoms with Gasteiger partial charge in [-0.25, -0.2) is 17.6 Å². The number of rotatable bonds is 7. The van der Waals surface area contributed by atoms with Gasteiger partial charge in [0, 0.05) is 12.1 Å². The molecule has 0 bridgehead atoms. The second kappa shape index (κ2) is 9.72. The number of carbonyl (C=O) groups is 2. The van der Waals surface area contributed by atoms with Crippen LogP contribution in [0.2, 0.25) is 0 Å². The molecule has 33 heavy (non-hydrogen) atoms. The molecule has 4 rings (SSSR count). The van der Waals surface area contributed by atoms with Crippen molar-refractivity contribution in [2.75, 3.05) is 29.4 Å². The molecule has 0 fully saturated rings. The Bertz CT molecular complexity index is 1290. The summed E-state index contributed by atoms with van der Waals surface area (Å²) in [5.74, 6) is -1.19. The van der Waals surface area contributed by atoms with E-state index in [2.05, 4.69) is 5.32 Å². The van der Waals surface area contributed by atoms with Gasteiger partial charge in [-0.05, 0) is 54.8 Å². The first kappa shape index (κ1) is 22.9. The van der Waals surface area contributed by atoms with Crippen molar-refractivity contribution < 1.29 is 27.1 Å². The first-order valence-corrected chi connectivity index (χ1v) is 12.5. The number of hydrogen-bond acceptors (Lipinski definition) is 6. The summed E-state index contributed by atoms with van der Waals surface area (Å²) in [7, 11) is -3.86. The van der Waals surface area contributed by atoms with Crippen LogP contribution in [0.1, 0.15) is 32.0 Å². The van der Waals surface area contributed by atoms with Crippen molar-refractivity contribution >= 4 is 43.9 Å². The van der Waals surface area contributed by atoms with Gasteiger partial charge in [-0.3, -0.25) is 9.10 Å². The Morgan fingerprint density at radius 1 is 1.09 bits per heavy atom. The van der Waals surface area contributed by atoms with Gasteiger partial charge in [-0.1, -0.05) is 24.3 Å². The van der Waals surface area contributed by atoms with Crippen molar-refractivity contribution in [3.05, 3.63) is 76.7 Å². The summed E-state index contributed by atoms with van der Waals surface area (Å²) in [4.78, 5) is 24.8. The van der Waals surface area contributed by atoms with Crippen LogP contribution < -0.4 is 9.62 Å². The molecule has 0 spiro atoms. The fourth-order valence-corrected chi connectivity index (χ4v) is 5.96. The van der Waals surface area contributed by atoms with Crippen LogP contribution >= 0.6 is 11.3 Å². The summed E-state index contributed by atoms with van der Waals surface area (Å²) in [5, 5.41) is 3.03. The number of fused-ring (bicyclic) bond motifs is 1. The molecule has 1 N–H and O–H groups in total. The third-order valence-electron chi connectivity index (χ3n) is 5.11. The maximum absolute atomic E-state index is 13.4. The highest BCUT2D eigenvalue weighted by atomic mass is 32.2. The second-order valence-electron chi connectivity index (χ2n) is 7.28. The van der Waals surface area contributed by atoms with Gasteiger partial charge in [0.05, 0.1) is 15.6 Å². The maximum Gasteiger partial charge on any atom is 0.348 e. The SMILES string of the molecule is O=C(Nc1ccc(C(=O)OCCF)s1)c1cccc(S(=O)(=O)N2CCCc3ccccc32)c1. The van der Waals surface area contributed by atoms with Crippen LogP contribution in [-0.4, -0.2) is 40.1 Å². The molecular weight excluding hydrogens is 467 g/mol. The van der Waals surface area contributed by atoms with Crippen LogP contribution in [-0.2, 0) is 21.2 Å². The molecular formula is C23H21FN2O5S2. The van der Waals surface area contributed by atoms with Gasteiger partial charge in [0.2, 0.25) is 0 Å². The van der Waals surface area contributed by atoms with Crippen LogP contribution in [0.4, 0.5) is 15.1 Å². The van der Waals surface area contributed by atoms with Crippen molar-refractivity contribution in [2.45, 2.75) is 17.7 Å². The Balaban J connectivity index is 1.53. The molecule has 0 aliphatic carbocycles. The first-order valence-electron chi connectivity index (χ1n) is 10.2. The number of ether oxygens (including phenoxy) is 1. The van der Waals surface area contributed by atoms with E-state index in [0.29, 0.717) is 23.7 Å². The van der Waals surface area contributed by atoms with E-state index in [4.69, 9.17) is 4.74 Å². The minimum absolute atomic E-state index is 0.0218. The maximum atomic E-state index is 13.4. The Hall–Kier alpha value is -3.24. The fraction of sp³-hybridized carbons (Fsp3) is 0.217. The number of sulfonamides is 1. The molecule has 2 aromatic carbocycles. The molecule has 3 aromatic rings. The molecule has 1 aliphatic rings. The smallest absolute Gasteiger partial charge is 0.348 e. The van der Waals surface area contributed by atoms with E-state index in [9.17, 15) is 22.4 Å². The van der Waals surface area contributed by atoms with Crippen molar-refractivity contribution in [1.29, 1.82) is 0 Å². The van der Waals surface area contributed by atoms with Gasteiger partial charge >= 0.3 is 5.97 Å². The average molecular weight is 489 g/mol. The van der Waals surface area contributed by atoms with Crippen LogP contribution in [0.15, 0.2) is 65.6 Å². The third-order valence-corrected chi connectivity index (χ3v) is 7.90. The van der Waals surface area contributed by atoms with E-state index in [1.807, 2.05) is 12.1 Å². The number of anilines is 2. The molecule has 0 atom stereocenters. The first-order chi connectivity index (χ1) is 15.9. The number of amides is 1. The summed E-state index contributed by atoms with van der Waals surface area (Å²) in [6.07, 6.45) is 1.53. The number of nitrogens with zero attached hydrogens (tertiary/aromatic N) is 1. The Labute approximate surface area is 194 Å². The van der Waals surface area contributed by atoms with Gasteiger partial charge in [0.15, 0.2) is 0 Å². The number of para-hydroxylation sites is 1. The molecule has 0 unspecified atom stereocenters. The number of esters is 1. The number of hydrogen-bond donors (Lipinski definition) is 1. The lowest BCUT2D eigenvalue weighted by atomic mass is 10.0. The van der Waals surface area contributed by atoms with E-state index < -0.39 is 28.6 Å². The molecule has 0 saturated heterocycles. The van der Waals surface area contributed by atoms with Crippen LogP contribution in [0.25, 0.3) is 0 Å². The van der Waals surface area contributed by atoms with Gasteiger partial charge in [0.1, 0.15) is 18.2 Å². The third kappa shape index (κ3) is 4.91. The number of thiophene rings is 1. The Morgan fingerprint density at radius 2 is 1.91 bits per heavy atom. The van der Waals surface area contributed by atoms with Gasteiger partial charge in [0.25, 0.3) is 15.9 Å². The molecule has 1 aliphatic heterocycles. The molecule has 1 aromatic heterocycles. The highest BCUT2D eigenvalue weighted by molar-refractivity contribution is 7.92. The zero-order valence-corrected chi connectivity index (χ0v) is 19.1. The molecule has 10 heteroatoms. The van der Waals surface area contributed by atoms with Crippen molar-refractivity contribution in [2.24, 2.45) is 0 Å². The summed E-state index contributed by atoms with van der Waals surface area (Å²) in [5.41, 5.74) is 1.79. The number of benzene rings is 2. The monoisotopic (exact) mass is 488 g/mol. The zero-order chi connectivity index (χ0) is 23.4. The quantitative estimate of drug-likeness (QED) is 0.502. The number of carbonyl (C=O) groups excluding carboxylic acids is 2. The van der Waals surface area contributed by atoms with Gasteiger partial charge in [-0.2, -0.15) is 0 Å². The largest absolute Gasteiger partial charge is 0.459 e. The Morgan fingerprint density at radius 3 is 2.73 bits per heavy atom. The number of halogens is 1. The van der Waals surface area contributed by atoms with Crippen molar-refractivity contribution in [3.8, 4) is 0 Å². The summed E-state index contributed by atoms with van der Waals surface area (Å²) in [6, 6.07) is 16.2. The zero-order valence-electron chi connectivity index (χ0n) is 17.5. The summed E-state index contributed by atoms with van der Waals surface area (Å²) in [6.45, 7) is -0.740. The van der Waals surface area contributed by atoms with Crippen molar-refractivity contribution in [1.82, 2.24) is 0 Å². The number of alkyl halides is 1. The molecule has 172 valence electrons. The van der Waals surface area contributed by atoms with E-state index in [1.165, 1.54) is 40.7 Å². The van der Waals surface area contributed by atoms with Crippen LogP contribution in [0.3, 0.4) is 0 Å². The molecule has 2 heterocycles. The fourth-order valence-electron chi connectivity index (χ4n) is 3.58. The van der Waals surface area contributed by atoms with E-state index in [1.54, 1.807) is 12.1 Å². The Kier molecular flexibility index (Phi) is 6.75. The van der Waals surface area contributed by atoms with E-state index in [0.717, 1.165) is 23.3 Å². The van der Waals surface area contributed by atoms with Gasteiger partial charge in [-0.15, -0.1) is 11.3 Å². The predicted octanol–water partition coefficient (Wildman–Crippen LogP) is 4.27. The predicted molar refractivity (Wildman–Crippen MR) is 124 cm³/mol. The molecule has 0 radical (unpaired) electrons. The summed E-state index contributed by atoms with van der Waals surface area (Å²) >= 11 is 0.984.